The molecule has 4 nitrogen and oxygen atoms in total. The molecule has 0 N–H and O–H groups in total. The normalized spacial score (nSPS) is 22.1. The smallest absolute Gasteiger partial charge is 0.132 e. The summed E-state index contributed by atoms with van der Waals surface area (Å²) in [5.74, 6) is 1.10. The van der Waals surface area contributed by atoms with Gasteiger partial charge in [0, 0.05) is 52.6 Å². The van der Waals surface area contributed by atoms with Gasteiger partial charge >= 0.3 is 0 Å². The summed E-state index contributed by atoms with van der Waals surface area (Å²) < 4.78 is 1.20. The van der Waals surface area contributed by atoms with E-state index in [2.05, 4.69) is 53.2 Å². The minimum absolute atomic E-state index is 0.589. The molecule has 3 heterocycles. The van der Waals surface area contributed by atoms with E-state index in [1.807, 2.05) is 17.5 Å². The highest BCUT2D eigenvalue weighted by Gasteiger charge is 2.37. The standard InChI is InChI=1S/C16H19BrN4S/c17-12-7-15(22-10-12)9-20-6-4-14(8-20)21(13-1-2-13)16-3-5-18-11-19-16/h3,5,7,10-11,13-14H,1-2,4,6,8-9H2. The molecule has 1 saturated carbocycles. The molecule has 0 spiro atoms. The Morgan fingerprint density at radius 1 is 1.32 bits per heavy atom. The Morgan fingerprint density at radius 2 is 2.23 bits per heavy atom. The van der Waals surface area contributed by atoms with Gasteiger partial charge in [-0.2, -0.15) is 0 Å². The number of hydrogen-bond acceptors (Lipinski definition) is 5. The Kier molecular flexibility index (Phi) is 4.15. The third-order valence-corrected chi connectivity index (χ3v) is 6.10. The van der Waals surface area contributed by atoms with Crippen LogP contribution in [0, 0.1) is 0 Å². The fraction of sp³-hybridized carbons (Fsp3) is 0.500. The molecule has 4 rings (SSSR count). The van der Waals surface area contributed by atoms with Crippen molar-refractivity contribution in [3.05, 3.63) is 39.4 Å². The van der Waals surface area contributed by atoms with Crippen LogP contribution in [0.15, 0.2) is 34.5 Å². The molecule has 22 heavy (non-hydrogen) atoms. The Balaban J connectivity index is 1.44. The van der Waals surface area contributed by atoms with Gasteiger partial charge in [0.2, 0.25) is 0 Å². The maximum Gasteiger partial charge on any atom is 0.132 e. The monoisotopic (exact) mass is 378 g/mol. The van der Waals surface area contributed by atoms with Gasteiger partial charge in [-0.25, -0.2) is 9.97 Å². The lowest BCUT2D eigenvalue weighted by Crippen LogP contribution is -2.39. The van der Waals surface area contributed by atoms with Crippen LogP contribution in [0.3, 0.4) is 0 Å². The molecule has 2 aromatic heterocycles. The minimum atomic E-state index is 0.589. The summed E-state index contributed by atoms with van der Waals surface area (Å²) >= 11 is 5.38. The summed E-state index contributed by atoms with van der Waals surface area (Å²) in [5, 5.41) is 2.17. The fourth-order valence-electron chi connectivity index (χ4n) is 3.30. The third kappa shape index (κ3) is 3.19. The van der Waals surface area contributed by atoms with Crippen molar-refractivity contribution in [2.75, 3.05) is 18.0 Å². The maximum absolute atomic E-state index is 4.49. The first-order valence-corrected chi connectivity index (χ1v) is 9.46. The Labute approximate surface area is 143 Å². The number of halogens is 1. The number of anilines is 1. The fourth-order valence-corrected chi connectivity index (χ4v) is 4.79. The quantitative estimate of drug-likeness (QED) is 0.796. The molecule has 1 unspecified atom stereocenters. The summed E-state index contributed by atoms with van der Waals surface area (Å²) in [6, 6.07) is 5.57. The molecular weight excluding hydrogens is 360 g/mol. The molecule has 2 aliphatic rings. The van der Waals surface area contributed by atoms with Gasteiger partial charge in [0.1, 0.15) is 12.1 Å². The van der Waals surface area contributed by atoms with Gasteiger partial charge in [0.15, 0.2) is 0 Å². The minimum Gasteiger partial charge on any atom is -0.349 e. The number of rotatable bonds is 5. The molecule has 0 aromatic carbocycles. The van der Waals surface area contributed by atoms with Gasteiger partial charge in [-0.05, 0) is 47.3 Å². The number of nitrogens with zero attached hydrogens (tertiary/aromatic N) is 4. The van der Waals surface area contributed by atoms with E-state index >= 15 is 0 Å². The van der Waals surface area contributed by atoms with Gasteiger partial charge in [-0.3, -0.25) is 4.90 Å². The second kappa shape index (κ2) is 6.26. The lowest BCUT2D eigenvalue weighted by molar-refractivity contribution is 0.327. The number of likely N-dealkylation sites (tertiary alicyclic amines) is 1. The van der Waals surface area contributed by atoms with Crippen molar-refractivity contribution in [3.63, 3.8) is 0 Å². The van der Waals surface area contributed by atoms with Gasteiger partial charge in [-0.1, -0.05) is 0 Å². The zero-order valence-electron chi connectivity index (χ0n) is 12.4. The van der Waals surface area contributed by atoms with E-state index in [1.54, 1.807) is 6.33 Å². The van der Waals surface area contributed by atoms with Crippen molar-refractivity contribution in [2.45, 2.75) is 37.9 Å². The molecule has 116 valence electrons. The molecule has 0 radical (unpaired) electrons. The van der Waals surface area contributed by atoms with Crippen LogP contribution >= 0.6 is 27.3 Å². The highest BCUT2D eigenvalue weighted by atomic mass is 79.9. The highest BCUT2D eigenvalue weighted by molar-refractivity contribution is 9.10. The first kappa shape index (κ1) is 14.6. The molecule has 6 heteroatoms. The molecule has 0 amide bonds. The van der Waals surface area contributed by atoms with Crippen LogP contribution in [0.1, 0.15) is 24.1 Å². The molecular formula is C16H19BrN4S. The summed E-state index contributed by atoms with van der Waals surface area (Å²) in [6.07, 6.45) is 7.36. The lowest BCUT2D eigenvalue weighted by Gasteiger charge is -2.30. The second-order valence-corrected chi connectivity index (χ2v) is 8.03. The Hall–Kier alpha value is -0.980. The molecule has 1 aliphatic heterocycles. The van der Waals surface area contributed by atoms with Crippen LogP contribution < -0.4 is 4.90 Å². The average Bonchev–Trinajstić information content (AvgIpc) is 3.12. The molecule has 1 atom stereocenters. The van der Waals surface area contributed by atoms with Crippen LogP contribution in [0.2, 0.25) is 0 Å². The van der Waals surface area contributed by atoms with Crippen LogP contribution in [0.25, 0.3) is 0 Å². The zero-order valence-corrected chi connectivity index (χ0v) is 14.8. The van der Waals surface area contributed by atoms with Gasteiger partial charge < -0.3 is 4.90 Å². The topological polar surface area (TPSA) is 32.3 Å². The maximum atomic E-state index is 4.49. The highest BCUT2D eigenvalue weighted by Crippen LogP contribution is 2.35. The summed E-state index contributed by atoms with van der Waals surface area (Å²) in [4.78, 5) is 15.1. The van der Waals surface area contributed by atoms with Crippen molar-refractivity contribution in [1.29, 1.82) is 0 Å². The number of hydrogen-bond donors (Lipinski definition) is 0. The molecule has 0 bridgehead atoms. The first-order valence-electron chi connectivity index (χ1n) is 7.79. The molecule has 1 aliphatic carbocycles. The third-order valence-electron chi connectivity index (χ3n) is 4.41. The van der Waals surface area contributed by atoms with Crippen molar-refractivity contribution in [1.82, 2.24) is 14.9 Å². The van der Waals surface area contributed by atoms with E-state index in [9.17, 15) is 0 Å². The van der Waals surface area contributed by atoms with Crippen LogP contribution in [-0.4, -0.2) is 40.0 Å². The van der Waals surface area contributed by atoms with E-state index in [4.69, 9.17) is 0 Å². The SMILES string of the molecule is Brc1csc(CN2CCC(N(c3ccncn3)C3CC3)C2)c1. The number of thiophene rings is 1. The summed E-state index contributed by atoms with van der Waals surface area (Å²) in [7, 11) is 0. The van der Waals surface area contributed by atoms with E-state index in [0.717, 1.165) is 18.9 Å². The molecule has 2 aromatic rings. The van der Waals surface area contributed by atoms with Crippen molar-refractivity contribution in [2.24, 2.45) is 0 Å². The largest absolute Gasteiger partial charge is 0.349 e. The predicted molar refractivity (Wildman–Crippen MR) is 93.2 cm³/mol. The van der Waals surface area contributed by atoms with Gasteiger partial charge in [-0.15, -0.1) is 11.3 Å². The van der Waals surface area contributed by atoms with Crippen molar-refractivity contribution >= 4 is 33.1 Å². The summed E-state index contributed by atoms with van der Waals surface area (Å²) in [5.41, 5.74) is 0. The average molecular weight is 379 g/mol. The van der Waals surface area contributed by atoms with Gasteiger partial charge in [0.25, 0.3) is 0 Å². The second-order valence-electron chi connectivity index (χ2n) is 6.11. The Bertz CT molecular complexity index is 628. The van der Waals surface area contributed by atoms with Crippen LogP contribution in [0.5, 0.6) is 0 Å². The van der Waals surface area contributed by atoms with Crippen molar-refractivity contribution < 1.29 is 0 Å². The van der Waals surface area contributed by atoms with Crippen molar-refractivity contribution in [3.8, 4) is 0 Å². The zero-order chi connectivity index (χ0) is 14.9. The lowest BCUT2D eigenvalue weighted by atomic mass is 10.2. The molecule has 1 saturated heterocycles. The first-order chi connectivity index (χ1) is 10.8. The number of aromatic nitrogens is 2. The Morgan fingerprint density at radius 3 is 2.91 bits per heavy atom. The van der Waals surface area contributed by atoms with E-state index in [-0.39, 0.29) is 0 Å². The summed E-state index contributed by atoms with van der Waals surface area (Å²) in [6.45, 7) is 3.37. The van der Waals surface area contributed by atoms with Crippen LogP contribution in [0.4, 0.5) is 5.82 Å². The van der Waals surface area contributed by atoms with E-state index < -0.39 is 0 Å². The van der Waals surface area contributed by atoms with E-state index in [1.165, 1.54) is 35.2 Å². The molecule has 2 fully saturated rings. The van der Waals surface area contributed by atoms with Gasteiger partial charge in [0.05, 0.1) is 0 Å². The van der Waals surface area contributed by atoms with E-state index in [0.29, 0.717) is 12.1 Å². The van der Waals surface area contributed by atoms with Crippen LogP contribution in [-0.2, 0) is 6.54 Å². The predicted octanol–water partition coefficient (Wildman–Crippen LogP) is 3.54.